The average molecular weight is 807 g/mol. The molecule has 0 aromatic carbocycles. The third-order valence-electron chi connectivity index (χ3n) is 9.95. The quantitative estimate of drug-likeness (QED) is 0.0349. The lowest BCUT2D eigenvalue weighted by Gasteiger charge is -2.18. The van der Waals surface area contributed by atoms with Crippen LogP contribution in [0, 0.1) is 0 Å². The van der Waals surface area contributed by atoms with E-state index >= 15 is 0 Å². The predicted octanol–water partition coefficient (Wildman–Crippen LogP) is 16.1. The predicted molar refractivity (Wildman–Crippen MR) is 251 cm³/mol. The Labute approximate surface area is 359 Å². The fourth-order valence-electron chi connectivity index (χ4n) is 6.38. The van der Waals surface area contributed by atoms with Crippen LogP contribution in [0.4, 0.5) is 0 Å². The van der Waals surface area contributed by atoms with Crippen LogP contribution >= 0.6 is 0 Å². The van der Waals surface area contributed by atoms with Crippen molar-refractivity contribution in [3.8, 4) is 0 Å². The maximum Gasteiger partial charge on any atom is 0.310 e. The molecule has 0 aromatic rings. The van der Waals surface area contributed by atoms with Crippen LogP contribution in [0.1, 0.15) is 213 Å². The molecule has 1 unspecified atom stereocenters. The van der Waals surface area contributed by atoms with E-state index in [-0.39, 0.29) is 31.6 Å². The van der Waals surface area contributed by atoms with Gasteiger partial charge in [0.15, 0.2) is 6.10 Å². The molecule has 0 aliphatic heterocycles. The highest BCUT2D eigenvalue weighted by atomic mass is 16.6. The van der Waals surface area contributed by atoms with Crippen LogP contribution in [0.2, 0.25) is 0 Å². The molecule has 5 heteroatoms. The summed E-state index contributed by atoms with van der Waals surface area (Å²) in [6.45, 7) is 7.56. The molecule has 0 bridgehead atoms. The van der Waals surface area contributed by atoms with Gasteiger partial charge in [-0.15, -0.1) is 0 Å². The van der Waals surface area contributed by atoms with E-state index in [2.05, 4.69) is 93.7 Å². The third-order valence-corrected chi connectivity index (χ3v) is 9.95. The van der Waals surface area contributed by atoms with Crippen molar-refractivity contribution >= 4 is 11.9 Å². The Morgan fingerprint density at radius 2 is 0.828 bits per heavy atom. The van der Waals surface area contributed by atoms with Crippen molar-refractivity contribution in [2.24, 2.45) is 0 Å². The topological polar surface area (TPSA) is 61.8 Å². The summed E-state index contributed by atoms with van der Waals surface area (Å²) in [5, 5.41) is 0. The second-order valence-corrected chi connectivity index (χ2v) is 15.7. The molecular formula is C53H90O5. The Balaban J connectivity index is 4.28. The Hall–Kier alpha value is -2.92. The summed E-state index contributed by atoms with van der Waals surface area (Å²) >= 11 is 0. The lowest BCUT2D eigenvalue weighted by atomic mass is 10.1. The fraction of sp³-hybridized carbons (Fsp3) is 0.698. The summed E-state index contributed by atoms with van der Waals surface area (Å²) in [7, 11) is 0. The molecule has 0 saturated heterocycles. The molecule has 0 fully saturated rings. The summed E-state index contributed by atoms with van der Waals surface area (Å²) in [4.78, 5) is 25.2. The molecule has 5 nitrogen and oxygen atoms in total. The van der Waals surface area contributed by atoms with Crippen LogP contribution in [0.15, 0.2) is 85.1 Å². The molecule has 1 atom stereocenters. The highest BCUT2D eigenvalue weighted by Gasteiger charge is 2.17. The standard InChI is InChI=1S/C53H90O5/c1-4-7-10-13-16-19-21-23-25-26-27-28-30-31-33-35-37-40-43-46-52(54)57-50-51(49-56-48-45-42-39-18-15-12-9-6-3)58-53(55)47-44-41-38-36-34-32-29-24-22-20-17-14-11-8-5-2/h8,11,16-17,19-20,23-25,29,34,36,41,44,51H,4-7,9-10,12-15,18,21-22,26-28,30-33,35,37-40,42-43,45-50H2,1-3H3/b11-8-,19-16-,20-17-,25-23-,29-24-,36-34-,44-41-. The Morgan fingerprint density at radius 3 is 1.36 bits per heavy atom. The van der Waals surface area contributed by atoms with Crippen molar-refractivity contribution < 1.29 is 23.8 Å². The fourth-order valence-corrected chi connectivity index (χ4v) is 6.38. The normalized spacial score (nSPS) is 12.9. The lowest BCUT2D eigenvalue weighted by Crippen LogP contribution is -2.29. The minimum absolute atomic E-state index is 0.0413. The summed E-state index contributed by atoms with van der Waals surface area (Å²) in [6, 6.07) is 0. The van der Waals surface area contributed by atoms with Gasteiger partial charge in [-0.25, -0.2) is 0 Å². The Kier molecular flexibility index (Phi) is 46.0. The number of unbranched alkanes of at least 4 members (excludes halogenated alkanes) is 19. The molecule has 0 rings (SSSR count). The molecule has 58 heavy (non-hydrogen) atoms. The zero-order chi connectivity index (χ0) is 42.1. The third kappa shape index (κ3) is 45.8. The maximum absolute atomic E-state index is 12.7. The van der Waals surface area contributed by atoms with Crippen LogP contribution in [-0.4, -0.2) is 37.9 Å². The Bertz CT molecular complexity index is 1090. The SMILES string of the molecule is CC/C=C\C/C=C\C/C=C\C/C=C\C/C=C\CC(=O)OC(COCCCCCCCCCC)COC(=O)CCCCCCCCCCC/C=C\C/C=C\CCCCC. The van der Waals surface area contributed by atoms with Crippen LogP contribution in [0.25, 0.3) is 0 Å². The van der Waals surface area contributed by atoms with Crippen LogP contribution in [-0.2, 0) is 23.8 Å². The van der Waals surface area contributed by atoms with Gasteiger partial charge in [0.2, 0.25) is 0 Å². The molecule has 332 valence electrons. The van der Waals surface area contributed by atoms with E-state index in [9.17, 15) is 9.59 Å². The number of hydrogen-bond acceptors (Lipinski definition) is 5. The second-order valence-electron chi connectivity index (χ2n) is 15.7. The summed E-state index contributed by atoms with van der Waals surface area (Å²) in [5.41, 5.74) is 0. The largest absolute Gasteiger partial charge is 0.462 e. The maximum atomic E-state index is 12.7. The van der Waals surface area contributed by atoms with Crippen molar-refractivity contribution in [1.82, 2.24) is 0 Å². The molecule has 0 radical (unpaired) electrons. The molecular weight excluding hydrogens is 717 g/mol. The molecule has 0 spiro atoms. The highest BCUT2D eigenvalue weighted by Crippen LogP contribution is 2.13. The van der Waals surface area contributed by atoms with Gasteiger partial charge in [0.1, 0.15) is 6.61 Å². The van der Waals surface area contributed by atoms with Crippen LogP contribution < -0.4 is 0 Å². The first-order chi connectivity index (χ1) is 28.6. The van der Waals surface area contributed by atoms with Crippen molar-refractivity contribution in [3.05, 3.63) is 85.1 Å². The van der Waals surface area contributed by atoms with Gasteiger partial charge in [0.05, 0.1) is 13.0 Å². The van der Waals surface area contributed by atoms with Crippen LogP contribution in [0.3, 0.4) is 0 Å². The molecule has 0 aromatic heterocycles. The average Bonchev–Trinajstić information content (AvgIpc) is 3.22. The van der Waals surface area contributed by atoms with E-state index < -0.39 is 6.10 Å². The van der Waals surface area contributed by atoms with E-state index in [0.717, 1.165) is 70.6 Å². The molecule has 0 amide bonds. The van der Waals surface area contributed by atoms with Crippen molar-refractivity contribution in [3.63, 3.8) is 0 Å². The van der Waals surface area contributed by atoms with Gasteiger partial charge in [-0.05, 0) is 77.0 Å². The van der Waals surface area contributed by atoms with E-state index in [4.69, 9.17) is 14.2 Å². The summed E-state index contributed by atoms with van der Waals surface area (Å²) in [6.07, 6.45) is 63.3. The van der Waals surface area contributed by atoms with Gasteiger partial charge in [-0.3, -0.25) is 9.59 Å². The first-order valence-corrected chi connectivity index (χ1v) is 24.1. The van der Waals surface area contributed by atoms with E-state index in [1.807, 2.05) is 12.2 Å². The van der Waals surface area contributed by atoms with Crippen molar-refractivity contribution in [1.29, 1.82) is 0 Å². The summed E-state index contributed by atoms with van der Waals surface area (Å²) in [5.74, 6) is -0.551. The van der Waals surface area contributed by atoms with Gasteiger partial charge in [-0.1, -0.05) is 209 Å². The van der Waals surface area contributed by atoms with E-state index in [1.54, 1.807) is 0 Å². The zero-order valence-corrected chi connectivity index (χ0v) is 38.0. The van der Waals surface area contributed by atoms with Gasteiger partial charge in [0, 0.05) is 13.0 Å². The number of carbonyl (C=O) groups excluding carboxylic acids is 2. The molecule has 0 aliphatic rings. The van der Waals surface area contributed by atoms with Gasteiger partial charge in [0.25, 0.3) is 0 Å². The number of ether oxygens (including phenoxy) is 3. The van der Waals surface area contributed by atoms with Crippen molar-refractivity contribution in [2.45, 2.75) is 219 Å². The monoisotopic (exact) mass is 807 g/mol. The molecule has 0 heterocycles. The number of hydrogen-bond donors (Lipinski definition) is 0. The van der Waals surface area contributed by atoms with Gasteiger partial charge < -0.3 is 14.2 Å². The lowest BCUT2D eigenvalue weighted by molar-refractivity contribution is -0.162. The molecule has 0 N–H and O–H groups in total. The van der Waals surface area contributed by atoms with E-state index in [0.29, 0.717) is 13.0 Å². The van der Waals surface area contributed by atoms with Crippen molar-refractivity contribution in [2.75, 3.05) is 19.8 Å². The number of carbonyl (C=O) groups is 2. The minimum atomic E-state index is -0.591. The number of esters is 2. The van der Waals surface area contributed by atoms with Crippen LogP contribution in [0.5, 0.6) is 0 Å². The highest BCUT2D eigenvalue weighted by molar-refractivity contribution is 5.71. The molecule has 0 aliphatic carbocycles. The number of rotatable bonds is 43. The number of allylic oxidation sites excluding steroid dienone is 13. The van der Waals surface area contributed by atoms with Gasteiger partial charge in [-0.2, -0.15) is 0 Å². The minimum Gasteiger partial charge on any atom is -0.462 e. The van der Waals surface area contributed by atoms with E-state index in [1.165, 1.54) is 109 Å². The second kappa shape index (κ2) is 48.4. The zero-order valence-electron chi connectivity index (χ0n) is 38.0. The Morgan fingerprint density at radius 1 is 0.414 bits per heavy atom. The first-order valence-electron chi connectivity index (χ1n) is 24.1. The van der Waals surface area contributed by atoms with Gasteiger partial charge >= 0.3 is 11.9 Å². The smallest absolute Gasteiger partial charge is 0.310 e. The summed E-state index contributed by atoms with van der Waals surface area (Å²) < 4.78 is 17.2. The molecule has 0 saturated carbocycles. The first kappa shape index (κ1) is 55.1.